The molecule has 160 valence electrons. The molecular formula is C21H17ClN2O6S. The Kier molecular flexibility index (Phi) is 6.98. The molecule has 0 atom stereocenters. The fourth-order valence-electron chi connectivity index (χ4n) is 2.77. The first-order valence-corrected chi connectivity index (χ1v) is 10.1. The van der Waals surface area contributed by atoms with Gasteiger partial charge in [0.15, 0.2) is 11.5 Å². The first-order valence-electron chi connectivity index (χ1n) is 8.94. The van der Waals surface area contributed by atoms with Crippen LogP contribution in [-0.4, -0.2) is 34.6 Å². The first-order chi connectivity index (χ1) is 14.8. The lowest BCUT2D eigenvalue weighted by molar-refractivity contribution is -0.384. The van der Waals surface area contributed by atoms with Crippen LogP contribution in [0.5, 0.6) is 11.5 Å². The van der Waals surface area contributed by atoms with Crippen LogP contribution in [0.4, 0.5) is 10.5 Å². The minimum Gasteiger partial charge on any atom is -0.493 e. The molecule has 1 aliphatic heterocycles. The van der Waals surface area contributed by atoms with Crippen LogP contribution in [0.25, 0.3) is 6.08 Å². The van der Waals surface area contributed by atoms with Gasteiger partial charge >= 0.3 is 0 Å². The number of benzene rings is 2. The number of carbonyl (C=O) groups is 2. The van der Waals surface area contributed by atoms with Crippen molar-refractivity contribution in [3.63, 3.8) is 0 Å². The summed E-state index contributed by atoms with van der Waals surface area (Å²) in [5.74, 6) is 0.230. The Morgan fingerprint density at radius 1 is 1.26 bits per heavy atom. The van der Waals surface area contributed by atoms with Crippen LogP contribution in [0, 0.1) is 10.1 Å². The zero-order valence-corrected chi connectivity index (χ0v) is 17.9. The summed E-state index contributed by atoms with van der Waals surface area (Å²) < 4.78 is 11.1. The maximum Gasteiger partial charge on any atom is 0.293 e. The molecule has 1 saturated heterocycles. The zero-order valence-electron chi connectivity index (χ0n) is 16.4. The molecule has 0 spiro atoms. The van der Waals surface area contributed by atoms with Crippen LogP contribution in [0.2, 0.25) is 5.02 Å². The summed E-state index contributed by atoms with van der Waals surface area (Å²) in [4.78, 5) is 36.0. The highest BCUT2D eigenvalue weighted by molar-refractivity contribution is 8.18. The number of ether oxygens (including phenoxy) is 2. The van der Waals surface area contributed by atoms with Crippen molar-refractivity contribution in [2.45, 2.75) is 6.61 Å². The summed E-state index contributed by atoms with van der Waals surface area (Å²) >= 11 is 7.21. The maximum absolute atomic E-state index is 12.4. The van der Waals surface area contributed by atoms with Gasteiger partial charge in [-0.3, -0.25) is 24.6 Å². The Bertz CT molecular complexity index is 1080. The Labute approximate surface area is 187 Å². The van der Waals surface area contributed by atoms with Crippen molar-refractivity contribution < 1.29 is 24.0 Å². The lowest BCUT2D eigenvalue weighted by Gasteiger charge is -2.13. The van der Waals surface area contributed by atoms with Gasteiger partial charge in [0, 0.05) is 18.7 Å². The van der Waals surface area contributed by atoms with E-state index in [0.717, 1.165) is 16.7 Å². The van der Waals surface area contributed by atoms with Gasteiger partial charge in [-0.05, 0) is 53.2 Å². The molecule has 3 rings (SSSR count). The fourth-order valence-corrected chi connectivity index (χ4v) is 3.89. The lowest BCUT2D eigenvalue weighted by atomic mass is 10.1. The standard InChI is InChI=1S/C21H17ClN2O6S/c1-3-8-23-20(25)18(31-21(23)26)11-14-9-16(22)19(17(10-14)29-2)30-12-13-4-6-15(7-5-13)24(27)28/h3-7,9-11H,1,8,12H2,2H3/b18-11+. The van der Waals surface area contributed by atoms with Crippen molar-refractivity contribution in [3.8, 4) is 11.5 Å². The van der Waals surface area contributed by atoms with Gasteiger partial charge in [-0.1, -0.05) is 17.7 Å². The smallest absolute Gasteiger partial charge is 0.293 e. The van der Waals surface area contributed by atoms with Crippen LogP contribution in [0.15, 0.2) is 54.0 Å². The van der Waals surface area contributed by atoms with Crippen molar-refractivity contribution >= 4 is 46.3 Å². The van der Waals surface area contributed by atoms with E-state index in [0.29, 0.717) is 22.6 Å². The minimum atomic E-state index is -0.477. The summed E-state index contributed by atoms with van der Waals surface area (Å²) in [6.45, 7) is 3.80. The molecule has 10 heteroatoms. The zero-order chi connectivity index (χ0) is 22.5. The molecule has 0 aromatic heterocycles. The van der Waals surface area contributed by atoms with E-state index in [2.05, 4.69) is 6.58 Å². The number of hydrogen-bond donors (Lipinski definition) is 0. The van der Waals surface area contributed by atoms with Crippen molar-refractivity contribution in [3.05, 3.63) is 80.2 Å². The fraction of sp³-hybridized carbons (Fsp3) is 0.143. The third kappa shape index (κ3) is 5.07. The number of methoxy groups -OCH3 is 1. The van der Waals surface area contributed by atoms with Gasteiger partial charge in [-0.25, -0.2) is 0 Å². The molecule has 0 unspecified atom stereocenters. The highest BCUT2D eigenvalue weighted by Gasteiger charge is 2.34. The molecule has 1 aliphatic rings. The molecule has 8 nitrogen and oxygen atoms in total. The number of thioether (sulfide) groups is 1. The quantitative estimate of drug-likeness (QED) is 0.235. The third-order valence-electron chi connectivity index (χ3n) is 4.27. The van der Waals surface area contributed by atoms with E-state index >= 15 is 0 Å². The molecule has 0 N–H and O–H groups in total. The van der Waals surface area contributed by atoms with Crippen LogP contribution >= 0.6 is 23.4 Å². The molecule has 0 bridgehead atoms. The average molecular weight is 461 g/mol. The Morgan fingerprint density at radius 3 is 2.58 bits per heavy atom. The molecule has 0 radical (unpaired) electrons. The van der Waals surface area contributed by atoms with Crippen molar-refractivity contribution in [2.24, 2.45) is 0 Å². The topological polar surface area (TPSA) is 99.0 Å². The Balaban J connectivity index is 1.80. The van der Waals surface area contributed by atoms with Crippen LogP contribution in [0.3, 0.4) is 0 Å². The molecule has 1 heterocycles. The lowest BCUT2D eigenvalue weighted by Crippen LogP contribution is -2.27. The number of nitro groups is 1. The molecule has 2 aromatic carbocycles. The second kappa shape index (κ2) is 9.67. The van der Waals surface area contributed by atoms with Crippen molar-refractivity contribution in [2.75, 3.05) is 13.7 Å². The van der Waals surface area contributed by atoms with Crippen LogP contribution < -0.4 is 9.47 Å². The predicted octanol–water partition coefficient (Wildman–Crippen LogP) is 5.06. The highest BCUT2D eigenvalue weighted by Crippen LogP contribution is 2.39. The third-order valence-corrected chi connectivity index (χ3v) is 5.45. The van der Waals surface area contributed by atoms with Gasteiger partial charge < -0.3 is 9.47 Å². The summed E-state index contributed by atoms with van der Waals surface area (Å²) in [6, 6.07) is 9.19. The van der Waals surface area contributed by atoms with Gasteiger partial charge in [0.1, 0.15) is 6.61 Å². The number of hydrogen-bond acceptors (Lipinski definition) is 7. The second-order valence-electron chi connectivity index (χ2n) is 6.33. The number of nitrogens with zero attached hydrogens (tertiary/aromatic N) is 2. The van der Waals surface area contributed by atoms with Gasteiger partial charge in [0.25, 0.3) is 16.8 Å². The van der Waals surface area contributed by atoms with Gasteiger partial charge in [0.05, 0.1) is 22.0 Å². The average Bonchev–Trinajstić information content (AvgIpc) is 3.00. The molecule has 0 saturated carbocycles. The monoisotopic (exact) mass is 460 g/mol. The van der Waals surface area contributed by atoms with Crippen molar-refractivity contribution in [1.82, 2.24) is 4.90 Å². The number of rotatable bonds is 8. The number of amides is 2. The summed E-state index contributed by atoms with van der Waals surface area (Å²) in [7, 11) is 1.45. The summed E-state index contributed by atoms with van der Waals surface area (Å²) in [5, 5.41) is 10.6. The Morgan fingerprint density at radius 2 is 1.97 bits per heavy atom. The number of halogens is 1. The van der Waals surface area contributed by atoms with Gasteiger partial charge in [0.2, 0.25) is 0 Å². The minimum absolute atomic E-state index is 0.0128. The largest absolute Gasteiger partial charge is 0.493 e. The van der Waals surface area contributed by atoms with E-state index in [4.69, 9.17) is 21.1 Å². The molecule has 2 amide bonds. The Hall–Kier alpha value is -3.30. The van der Waals surface area contributed by atoms with Crippen LogP contribution in [0.1, 0.15) is 11.1 Å². The molecular weight excluding hydrogens is 444 g/mol. The van der Waals surface area contributed by atoms with Crippen molar-refractivity contribution in [1.29, 1.82) is 0 Å². The number of non-ortho nitro benzene ring substituents is 1. The molecule has 1 fully saturated rings. The predicted molar refractivity (Wildman–Crippen MR) is 118 cm³/mol. The normalized spacial score (nSPS) is 14.8. The molecule has 0 aliphatic carbocycles. The van der Waals surface area contributed by atoms with E-state index in [9.17, 15) is 19.7 Å². The summed E-state index contributed by atoms with van der Waals surface area (Å²) in [6.07, 6.45) is 3.04. The van der Waals surface area contributed by atoms with Gasteiger partial charge in [-0.15, -0.1) is 6.58 Å². The first kappa shape index (κ1) is 22.4. The van der Waals surface area contributed by atoms with E-state index in [1.54, 1.807) is 30.3 Å². The molecule has 2 aromatic rings. The summed E-state index contributed by atoms with van der Waals surface area (Å²) in [5.41, 5.74) is 1.26. The number of imide groups is 1. The van der Waals surface area contributed by atoms with Gasteiger partial charge in [-0.2, -0.15) is 0 Å². The number of carbonyl (C=O) groups excluding carboxylic acids is 2. The number of nitro benzene ring substituents is 1. The van der Waals surface area contributed by atoms with Crippen LogP contribution in [-0.2, 0) is 11.4 Å². The second-order valence-corrected chi connectivity index (χ2v) is 7.73. The van der Waals surface area contributed by atoms with E-state index in [1.807, 2.05) is 0 Å². The molecule has 31 heavy (non-hydrogen) atoms. The maximum atomic E-state index is 12.4. The highest BCUT2D eigenvalue weighted by atomic mass is 35.5. The van der Waals surface area contributed by atoms with E-state index in [1.165, 1.54) is 25.3 Å². The van der Waals surface area contributed by atoms with E-state index in [-0.39, 0.29) is 34.0 Å². The van der Waals surface area contributed by atoms with E-state index < -0.39 is 10.8 Å². The SMILES string of the molecule is C=CCN1C(=O)S/C(=C/c2cc(Cl)c(OCc3ccc([N+](=O)[O-])cc3)c(OC)c2)C1=O.